The highest BCUT2D eigenvalue weighted by Gasteiger charge is 2.42. The van der Waals surface area contributed by atoms with Crippen LogP contribution in [0.2, 0.25) is 0 Å². The second-order valence-electron chi connectivity index (χ2n) is 8.96. The molecule has 2 aromatic carbocycles. The highest BCUT2D eigenvalue weighted by Crippen LogP contribution is 2.33. The number of hydrogen-bond acceptors (Lipinski definition) is 4. The van der Waals surface area contributed by atoms with Gasteiger partial charge in [-0.1, -0.05) is 40.2 Å². The van der Waals surface area contributed by atoms with Crippen molar-refractivity contribution in [3.8, 4) is 11.3 Å². The average Bonchev–Trinajstić information content (AvgIpc) is 3.23. The minimum Gasteiger partial charge on any atom is -0.333 e. The van der Waals surface area contributed by atoms with Crippen LogP contribution in [0.25, 0.3) is 17.0 Å². The standard InChI is InChI=1S/C26H23BrFN5O/c27-18-8-6-17(7-9-18)24-23(32-13-3-12-29-26(32)30-24)16-31-14-20-11-10-19(31)15-33(20)25(34)21-4-1-2-5-22(21)28/h1-9,12-13,19-20H,10-11,14-16H2. The Labute approximate surface area is 205 Å². The number of nitrogens with zero attached hydrogens (tertiary/aromatic N) is 5. The second kappa shape index (κ2) is 8.60. The molecule has 0 saturated carbocycles. The molecule has 8 heteroatoms. The van der Waals surface area contributed by atoms with E-state index in [0.717, 1.165) is 40.8 Å². The molecule has 2 atom stereocenters. The first kappa shape index (κ1) is 21.4. The summed E-state index contributed by atoms with van der Waals surface area (Å²) < 4.78 is 17.3. The van der Waals surface area contributed by atoms with Gasteiger partial charge in [-0.3, -0.25) is 14.1 Å². The van der Waals surface area contributed by atoms with E-state index in [1.807, 2.05) is 29.3 Å². The third-order valence-electron chi connectivity index (χ3n) is 6.98. The van der Waals surface area contributed by atoms with Crippen molar-refractivity contribution in [2.45, 2.75) is 31.5 Å². The number of amides is 1. The molecule has 2 unspecified atom stereocenters. The second-order valence-corrected chi connectivity index (χ2v) is 9.87. The van der Waals surface area contributed by atoms with Crippen LogP contribution in [0, 0.1) is 5.82 Å². The van der Waals surface area contributed by atoms with Crippen LogP contribution < -0.4 is 0 Å². The Morgan fingerprint density at radius 1 is 1.03 bits per heavy atom. The van der Waals surface area contributed by atoms with Crippen molar-refractivity contribution < 1.29 is 9.18 Å². The molecule has 0 radical (unpaired) electrons. The molecule has 4 aromatic rings. The predicted molar refractivity (Wildman–Crippen MR) is 131 cm³/mol. The third kappa shape index (κ3) is 3.71. The zero-order valence-electron chi connectivity index (χ0n) is 18.4. The van der Waals surface area contributed by atoms with Gasteiger partial charge in [-0.2, -0.15) is 0 Å². The number of fused-ring (bicyclic) bond motifs is 4. The highest BCUT2D eigenvalue weighted by molar-refractivity contribution is 9.10. The van der Waals surface area contributed by atoms with Crippen LogP contribution in [0.15, 0.2) is 71.5 Å². The van der Waals surface area contributed by atoms with Crippen LogP contribution in [-0.2, 0) is 6.54 Å². The number of carbonyl (C=O) groups excluding carboxylic acids is 1. The van der Waals surface area contributed by atoms with Gasteiger partial charge in [-0.05, 0) is 43.2 Å². The van der Waals surface area contributed by atoms with Gasteiger partial charge in [0.1, 0.15) is 5.82 Å². The molecule has 7 rings (SSSR count). The number of carbonyl (C=O) groups is 1. The van der Waals surface area contributed by atoms with E-state index in [9.17, 15) is 9.18 Å². The number of hydrogen-bond donors (Lipinski definition) is 0. The SMILES string of the molecule is O=C(c1ccccc1F)N1CC2CCC1CN2Cc1c(-c2ccc(Br)cc2)nc2ncccn12. The Bertz CT molecular complexity index is 1370. The number of rotatable bonds is 4. The van der Waals surface area contributed by atoms with Crippen LogP contribution in [-0.4, -0.2) is 55.2 Å². The highest BCUT2D eigenvalue weighted by atomic mass is 79.9. The van der Waals surface area contributed by atoms with Crippen molar-refractivity contribution in [3.63, 3.8) is 0 Å². The Morgan fingerprint density at radius 2 is 1.82 bits per heavy atom. The monoisotopic (exact) mass is 519 g/mol. The van der Waals surface area contributed by atoms with E-state index in [-0.39, 0.29) is 23.6 Å². The Kier molecular flexibility index (Phi) is 5.42. The summed E-state index contributed by atoms with van der Waals surface area (Å²) >= 11 is 3.51. The van der Waals surface area contributed by atoms with Crippen molar-refractivity contribution in [2.75, 3.05) is 13.1 Å². The van der Waals surface area contributed by atoms with Gasteiger partial charge < -0.3 is 4.90 Å². The maximum Gasteiger partial charge on any atom is 0.257 e. The van der Waals surface area contributed by atoms with Gasteiger partial charge in [0.2, 0.25) is 5.78 Å². The molecule has 2 bridgehead atoms. The zero-order valence-corrected chi connectivity index (χ0v) is 20.0. The Balaban J connectivity index is 1.29. The molecule has 0 N–H and O–H groups in total. The molecule has 3 aliphatic rings. The van der Waals surface area contributed by atoms with E-state index in [1.54, 1.807) is 24.4 Å². The van der Waals surface area contributed by atoms with Crippen LogP contribution in [0.3, 0.4) is 0 Å². The first-order valence-corrected chi connectivity index (χ1v) is 12.3. The summed E-state index contributed by atoms with van der Waals surface area (Å²) in [4.78, 5) is 26.7. The van der Waals surface area contributed by atoms with E-state index in [0.29, 0.717) is 18.9 Å². The quantitative estimate of drug-likeness (QED) is 0.389. The fraction of sp³-hybridized carbons (Fsp3) is 0.269. The van der Waals surface area contributed by atoms with Gasteiger partial charge >= 0.3 is 0 Å². The fourth-order valence-electron chi connectivity index (χ4n) is 5.26. The lowest BCUT2D eigenvalue weighted by Gasteiger charge is -2.51. The summed E-state index contributed by atoms with van der Waals surface area (Å²) in [6.45, 7) is 2.08. The van der Waals surface area contributed by atoms with Crippen LogP contribution in [0.1, 0.15) is 28.9 Å². The molecule has 3 fully saturated rings. The minimum atomic E-state index is -0.455. The molecule has 2 aromatic heterocycles. The number of piperidine rings is 2. The lowest BCUT2D eigenvalue weighted by atomic mass is 9.89. The average molecular weight is 520 g/mol. The summed E-state index contributed by atoms with van der Waals surface area (Å²) in [5.74, 6) is 0.0131. The maximum atomic E-state index is 14.3. The number of halogens is 2. The molecule has 0 aliphatic carbocycles. The fourth-order valence-corrected chi connectivity index (χ4v) is 5.53. The Hall–Kier alpha value is -3.10. The van der Waals surface area contributed by atoms with E-state index in [1.165, 1.54) is 6.07 Å². The van der Waals surface area contributed by atoms with Gasteiger partial charge in [0, 0.05) is 54.1 Å². The first-order chi connectivity index (χ1) is 16.6. The normalized spacial score (nSPS) is 20.2. The lowest BCUT2D eigenvalue weighted by Crippen LogP contribution is -2.63. The minimum absolute atomic E-state index is 0.0746. The molecular weight excluding hydrogens is 497 g/mol. The number of aromatic nitrogens is 3. The summed E-state index contributed by atoms with van der Waals surface area (Å²) in [7, 11) is 0. The van der Waals surface area contributed by atoms with E-state index in [4.69, 9.17) is 4.98 Å². The molecule has 34 heavy (non-hydrogen) atoms. The summed E-state index contributed by atoms with van der Waals surface area (Å²) in [6, 6.07) is 16.6. The molecule has 3 aliphatic heterocycles. The summed E-state index contributed by atoms with van der Waals surface area (Å²) in [5.41, 5.74) is 3.21. The van der Waals surface area contributed by atoms with Crippen LogP contribution in [0.4, 0.5) is 4.39 Å². The molecule has 5 heterocycles. The number of benzene rings is 2. The molecule has 3 saturated heterocycles. The number of imidazole rings is 1. The van der Waals surface area contributed by atoms with Crippen molar-refractivity contribution in [2.24, 2.45) is 0 Å². The van der Waals surface area contributed by atoms with Crippen LogP contribution in [0.5, 0.6) is 0 Å². The smallest absolute Gasteiger partial charge is 0.257 e. The predicted octanol–water partition coefficient (Wildman–Crippen LogP) is 4.79. The molecule has 1 amide bonds. The third-order valence-corrected chi connectivity index (χ3v) is 7.51. The van der Waals surface area contributed by atoms with Crippen molar-refractivity contribution in [3.05, 3.63) is 88.5 Å². The van der Waals surface area contributed by atoms with Gasteiger partial charge in [0.15, 0.2) is 0 Å². The van der Waals surface area contributed by atoms with E-state index in [2.05, 4.69) is 42.3 Å². The van der Waals surface area contributed by atoms with Crippen molar-refractivity contribution in [1.82, 2.24) is 24.2 Å². The molecular formula is C26H23BrFN5O. The van der Waals surface area contributed by atoms with Gasteiger partial charge in [0.05, 0.1) is 17.0 Å². The van der Waals surface area contributed by atoms with Gasteiger partial charge in [-0.25, -0.2) is 14.4 Å². The summed E-state index contributed by atoms with van der Waals surface area (Å²) in [5, 5.41) is 0. The first-order valence-electron chi connectivity index (χ1n) is 11.5. The summed E-state index contributed by atoms with van der Waals surface area (Å²) in [6.07, 6.45) is 5.72. The largest absolute Gasteiger partial charge is 0.333 e. The topological polar surface area (TPSA) is 53.7 Å². The Morgan fingerprint density at radius 3 is 2.59 bits per heavy atom. The zero-order chi connectivity index (χ0) is 23.2. The maximum absolute atomic E-state index is 14.3. The van der Waals surface area contributed by atoms with E-state index >= 15 is 0 Å². The van der Waals surface area contributed by atoms with Crippen molar-refractivity contribution >= 4 is 27.6 Å². The van der Waals surface area contributed by atoms with Gasteiger partial charge in [0.25, 0.3) is 5.91 Å². The van der Waals surface area contributed by atoms with Crippen molar-refractivity contribution in [1.29, 1.82) is 0 Å². The van der Waals surface area contributed by atoms with E-state index < -0.39 is 5.82 Å². The van der Waals surface area contributed by atoms with Crippen LogP contribution >= 0.6 is 15.9 Å². The number of piperazine rings is 1. The molecule has 0 spiro atoms. The lowest BCUT2D eigenvalue weighted by molar-refractivity contribution is -0.0161. The van der Waals surface area contributed by atoms with Gasteiger partial charge in [-0.15, -0.1) is 0 Å². The molecule has 172 valence electrons. The molecule has 6 nitrogen and oxygen atoms in total.